The summed E-state index contributed by atoms with van der Waals surface area (Å²) in [6.45, 7) is 0.638. The fraction of sp³-hybridized carbons (Fsp3) is 0.263. The van der Waals surface area contributed by atoms with Crippen LogP contribution >= 0.6 is 23.2 Å². The summed E-state index contributed by atoms with van der Waals surface area (Å²) >= 11 is 12.2. The Balaban J connectivity index is 1.69. The highest BCUT2D eigenvalue weighted by Gasteiger charge is 2.29. The van der Waals surface area contributed by atoms with E-state index in [1.54, 1.807) is 41.3 Å². The van der Waals surface area contributed by atoms with Gasteiger partial charge in [0.25, 0.3) is 0 Å². The van der Waals surface area contributed by atoms with E-state index in [1.165, 1.54) is 4.90 Å². The highest BCUT2D eigenvalue weighted by Crippen LogP contribution is 2.27. The number of para-hydroxylation sites is 1. The SMILES string of the molecule is O=C(Cc1cc(Cl)ccc1CO)N1CCN(c2ccccc2Cl)C(=O)C1. The molecular weight excluding hydrogens is 375 g/mol. The van der Waals surface area contributed by atoms with Crippen LogP contribution < -0.4 is 4.90 Å². The van der Waals surface area contributed by atoms with E-state index >= 15 is 0 Å². The summed E-state index contributed by atoms with van der Waals surface area (Å²) in [7, 11) is 0. The molecule has 0 radical (unpaired) electrons. The van der Waals surface area contributed by atoms with Gasteiger partial charge in [-0.1, -0.05) is 41.4 Å². The van der Waals surface area contributed by atoms with Crippen molar-refractivity contribution in [2.75, 3.05) is 24.5 Å². The van der Waals surface area contributed by atoms with Crippen LogP contribution in [0.4, 0.5) is 5.69 Å². The standard InChI is InChI=1S/C19H18Cl2N2O3/c20-15-6-5-13(12-24)14(9-15)10-18(25)22-7-8-23(19(26)11-22)17-4-2-1-3-16(17)21/h1-6,9,24H,7-8,10-12H2. The summed E-state index contributed by atoms with van der Waals surface area (Å²) in [6.07, 6.45) is 0.0931. The average Bonchev–Trinajstić information content (AvgIpc) is 2.62. The highest BCUT2D eigenvalue weighted by atomic mass is 35.5. The smallest absolute Gasteiger partial charge is 0.246 e. The van der Waals surface area contributed by atoms with Crippen molar-refractivity contribution in [1.82, 2.24) is 4.90 Å². The first kappa shape index (κ1) is 18.7. The molecule has 1 aliphatic heterocycles. The summed E-state index contributed by atoms with van der Waals surface area (Å²) in [5.41, 5.74) is 1.98. The fourth-order valence-electron chi connectivity index (χ4n) is 3.00. The molecule has 26 heavy (non-hydrogen) atoms. The number of halogens is 2. The molecule has 0 bridgehead atoms. The molecule has 1 fully saturated rings. The van der Waals surface area contributed by atoms with E-state index < -0.39 is 0 Å². The Kier molecular flexibility index (Phi) is 5.81. The van der Waals surface area contributed by atoms with Crippen LogP contribution in [0.25, 0.3) is 0 Å². The Morgan fingerprint density at radius 2 is 1.85 bits per heavy atom. The third kappa shape index (κ3) is 4.01. The molecule has 136 valence electrons. The Bertz CT molecular complexity index is 841. The molecule has 0 atom stereocenters. The van der Waals surface area contributed by atoms with Crippen molar-refractivity contribution in [1.29, 1.82) is 0 Å². The first-order valence-electron chi connectivity index (χ1n) is 8.20. The molecule has 0 aliphatic carbocycles. The van der Waals surface area contributed by atoms with Crippen LogP contribution in [0.1, 0.15) is 11.1 Å². The molecule has 2 aromatic rings. The van der Waals surface area contributed by atoms with Crippen molar-refractivity contribution in [2.24, 2.45) is 0 Å². The summed E-state index contributed by atoms with van der Waals surface area (Å²) in [4.78, 5) is 28.2. The molecule has 0 aromatic heterocycles. The zero-order valence-corrected chi connectivity index (χ0v) is 15.5. The molecule has 0 saturated carbocycles. The zero-order valence-electron chi connectivity index (χ0n) is 14.0. The minimum Gasteiger partial charge on any atom is -0.392 e. The number of benzene rings is 2. The van der Waals surface area contributed by atoms with Crippen LogP contribution in [0.3, 0.4) is 0 Å². The normalized spacial score (nSPS) is 14.7. The van der Waals surface area contributed by atoms with Gasteiger partial charge < -0.3 is 14.9 Å². The largest absolute Gasteiger partial charge is 0.392 e. The van der Waals surface area contributed by atoms with Crippen molar-refractivity contribution in [3.63, 3.8) is 0 Å². The van der Waals surface area contributed by atoms with E-state index in [4.69, 9.17) is 23.2 Å². The van der Waals surface area contributed by atoms with Gasteiger partial charge in [-0.15, -0.1) is 0 Å². The third-order valence-corrected chi connectivity index (χ3v) is 4.95. The van der Waals surface area contributed by atoms with E-state index in [-0.39, 0.29) is 31.4 Å². The van der Waals surface area contributed by atoms with Gasteiger partial charge in [0.15, 0.2) is 0 Å². The van der Waals surface area contributed by atoms with E-state index in [1.807, 2.05) is 6.07 Å². The van der Waals surface area contributed by atoms with Gasteiger partial charge in [0.1, 0.15) is 6.54 Å². The Hall–Kier alpha value is -2.08. The second kappa shape index (κ2) is 8.08. The molecule has 5 nitrogen and oxygen atoms in total. The van der Waals surface area contributed by atoms with Crippen molar-refractivity contribution in [3.8, 4) is 0 Å². The lowest BCUT2D eigenvalue weighted by atomic mass is 10.0. The minimum absolute atomic E-state index is 0.000912. The summed E-state index contributed by atoms with van der Waals surface area (Å²) in [5.74, 6) is -0.347. The number of nitrogens with zero attached hydrogens (tertiary/aromatic N) is 2. The quantitative estimate of drug-likeness (QED) is 0.869. The summed E-state index contributed by atoms with van der Waals surface area (Å²) in [5, 5.41) is 10.4. The fourth-order valence-corrected chi connectivity index (χ4v) is 3.43. The number of hydrogen-bond acceptors (Lipinski definition) is 3. The molecule has 2 amide bonds. The van der Waals surface area contributed by atoms with Gasteiger partial charge in [-0.2, -0.15) is 0 Å². The van der Waals surface area contributed by atoms with Crippen molar-refractivity contribution in [3.05, 3.63) is 63.6 Å². The number of rotatable bonds is 4. The lowest BCUT2D eigenvalue weighted by molar-refractivity contribution is -0.136. The van der Waals surface area contributed by atoms with Gasteiger partial charge >= 0.3 is 0 Å². The zero-order chi connectivity index (χ0) is 18.7. The molecule has 0 unspecified atom stereocenters. The molecular formula is C19H18Cl2N2O3. The number of carbonyl (C=O) groups excluding carboxylic acids is 2. The predicted octanol–water partition coefficient (Wildman–Crippen LogP) is 2.90. The summed E-state index contributed by atoms with van der Waals surface area (Å²) in [6, 6.07) is 12.2. The minimum atomic E-state index is -0.175. The maximum atomic E-state index is 12.6. The first-order valence-corrected chi connectivity index (χ1v) is 8.96. The average molecular weight is 393 g/mol. The van der Waals surface area contributed by atoms with Gasteiger partial charge in [0, 0.05) is 18.1 Å². The number of aliphatic hydroxyl groups excluding tert-OH is 1. The molecule has 1 heterocycles. The maximum Gasteiger partial charge on any atom is 0.246 e. The lowest BCUT2D eigenvalue weighted by Gasteiger charge is -2.34. The molecule has 1 aliphatic rings. The summed E-state index contributed by atoms with van der Waals surface area (Å²) < 4.78 is 0. The van der Waals surface area contributed by atoms with Crippen LogP contribution in [0, 0.1) is 0 Å². The Labute approximate surface area is 161 Å². The number of hydrogen-bond donors (Lipinski definition) is 1. The van der Waals surface area contributed by atoms with Gasteiger partial charge in [-0.05, 0) is 35.4 Å². The van der Waals surface area contributed by atoms with Crippen LogP contribution in [0.2, 0.25) is 10.0 Å². The Morgan fingerprint density at radius 1 is 1.08 bits per heavy atom. The maximum absolute atomic E-state index is 12.6. The second-order valence-corrected chi connectivity index (χ2v) is 6.90. The number of anilines is 1. The van der Waals surface area contributed by atoms with Gasteiger partial charge in [-0.25, -0.2) is 0 Å². The molecule has 0 spiro atoms. The molecule has 7 heteroatoms. The van der Waals surface area contributed by atoms with E-state index in [0.717, 1.165) is 0 Å². The van der Waals surface area contributed by atoms with Gasteiger partial charge in [0.2, 0.25) is 11.8 Å². The number of aliphatic hydroxyl groups is 1. The van der Waals surface area contributed by atoms with Crippen LogP contribution in [-0.4, -0.2) is 41.5 Å². The highest BCUT2D eigenvalue weighted by molar-refractivity contribution is 6.33. The van der Waals surface area contributed by atoms with Crippen LogP contribution in [0.15, 0.2) is 42.5 Å². The van der Waals surface area contributed by atoms with Crippen molar-refractivity contribution >= 4 is 40.7 Å². The number of amides is 2. The van der Waals surface area contributed by atoms with Gasteiger partial charge in [0.05, 0.1) is 23.7 Å². The molecule has 1 saturated heterocycles. The van der Waals surface area contributed by atoms with Crippen molar-refractivity contribution < 1.29 is 14.7 Å². The topological polar surface area (TPSA) is 60.9 Å². The van der Waals surface area contributed by atoms with Crippen LogP contribution in [0.5, 0.6) is 0 Å². The van der Waals surface area contributed by atoms with E-state index in [9.17, 15) is 14.7 Å². The number of carbonyl (C=O) groups is 2. The second-order valence-electron chi connectivity index (χ2n) is 6.06. The first-order chi connectivity index (χ1) is 12.5. The van der Waals surface area contributed by atoms with E-state index in [2.05, 4.69) is 0 Å². The lowest BCUT2D eigenvalue weighted by Crippen LogP contribution is -2.52. The monoisotopic (exact) mass is 392 g/mol. The molecule has 1 N–H and O–H groups in total. The third-order valence-electron chi connectivity index (χ3n) is 4.40. The molecule has 2 aromatic carbocycles. The number of piperazine rings is 1. The molecule has 3 rings (SSSR count). The van der Waals surface area contributed by atoms with E-state index in [0.29, 0.717) is 39.9 Å². The predicted molar refractivity (Wildman–Crippen MR) is 101 cm³/mol. The Morgan fingerprint density at radius 3 is 2.54 bits per heavy atom. The van der Waals surface area contributed by atoms with Crippen molar-refractivity contribution in [2.45, 2.75) is 13.0 Å². The van der Waals surface area contributed by atoms with Crippen LogP contribution in [-0.2, 0) is 22.6 Å². The van der Waals surface area contributed by atoms with Gasteiger partial charge in [-0.3, -0.25) is 9.59 Å².